The molecule has 1 fully saturated rings. The van der Waals surface area contributed by atoms with Gasteiger partial charge in [0.1, 0.15) is 6.61 Å². The van der Waals surface area contributed by atoms with Crippen molar-refractivity contribution in [2.24, 2.45) is 5.92 Å². The minimum absolute atomic E-state index is 0.0655. The summed E-state index contributed by atoms with van der Waals surface area (Å²) >= 11 is 0. The van der Waals surface area contributed by atoms with Gasteiger partial charge < -0.3 is 14.2 Å². The molecule has 19 heavy (non-hydrogen) atoms. The van der Waals surface area contributed by atoms with E-state index in [0.717, 1.165) is 0 Å². The quantitative estimate of drug-likeness (QED) is 0.755. The van der Waals surface area contributed by atoms with Crippen molar-refractivity contribution < 1.29 is 28.6 Å². The van der Waals surface area contributed by atoms with Crippen LogP contribution in [0.3, 0.4) is 0 Å². The first-order chi connectivity index (χ1) is 9.06. The third kappa shape index (κ3) is 5.25. The number of nitrogens with one attached hydrogen (secondary N) is 1. The zero-order chi connectivity index (χ0) is 14.3. The van der Waals surface area contributed by atoms with Gasteiger partial charge in [-0.1, -0.05) is 0 Å². The van der Waals surface area contributed by atoms with Crippen LogP contribution in [0.4, 0.5) is 4.79 Å². The molecule has 1 saturated carbocycles. The molecule has 7 heteroatoms. The smallest absolute Gasteiger partial charge is 0.413 e. The average molecular weight is 273 g/mol. The molecule has 1 rings (SSSR count). The summed E-state index contributed by atoms with van der Waals surface area (Å²) in [5.41, 5.74) is 0. The van der Waals surface area contributed by atoms with Gasteiger partial charge in [0, 0.05) is 0 Å². The molecule has 7 nitrogen and oxygen atoms in total. The molecule has 0 bridgehead atoms. The third-order valence-electron chi connectivity index (χ3n) is 3.09. The molecule has 0 aromatic carbocycles. The normalized spacial score (nSPS) is 22.4. The first-order valence-electron chi connectivity index (χ1n) is 6.14. The van der Waals surface area contributed by atoms with Gasteiger partial charge in [0.15, 0.2) is 0 Å². The number of rotatable bonds is 4. The van der Waals surface area contributed by atoms with E-state index in [9.17, 15) is 14.4 Å². The Bertz CT molecular complexity index is 335. The van der Waals surface area contributed by atoms with Gasteiger partial charge in [-0.05, 0) is 25.7 Å². The van der Waals surface area contributed by atoms with Gasteiger partial charge in [0.05, 0.1) is 26.2 Å². The van der Waals surface area contributed by atoms with Gasteiger partial charge in [0.2, 0.25) is 0 Å². The molecule has 0 radical (unpaired) electrons. The highest BCUT2D eigenvalue weighted by Crippen LogP contribution is 2.26. The van der Waals surface area contributed by atoms with Gasteiger partial charge in [-0.2, -0.15) is 0 Å². The summed E-state index contributed by atoms with van der Waals surface area (Å²) in [5.74, 6) is -0.808. The van der Waals surface area contributed by atoms with E-state index in [0.29, 0.717) is 25.7 Å². The van der Waals surface area contributed by atoms with Gasteiger partial charge in [-0.15, -0.1) is 0 Å². The highest BCUT2D eigenvalue weighted by atomic mass is 16.5. The van der Waals surface area contributed by atoms with Crippen LogP contribution >= 0.6 is 0 Å². The molecule has 1 aliphatic carbocycles. The highest BCUT2D eigenvalue weighted by molar-refractivity contribution is 5.92. The number of hydrogen-bond acceptors (Lipinski definition) is 6. The number of carbonyl (C=O) groups excluding carboxylic acids is 3. The molecule has 1 aliphatic rings. The molecule has 0 atom stereocenters. The number of amides is 2. The van der Waals surface area contributed by atoms with Crippen LogP contribution in [0.2, 0.25) is 0 Å². The maximum Gasteiger partial charge on any atom is 0.413 e. The maximum absolute atomic E-state index is 11.3. The Morgan fingerprint density at radius 1 is 1.05 bits per heavy atom. The molecule has 0 unspecified atom stereocenters. The zero-order valence-electron chi connectivity index (χ0n) is 11.1. The van der Waals surface area contributed by atoms with Crippen LogP contribution in [0.1, 0.15) is 25.7 Å². The Morgan fingerprint density at radius 3 is 2.21 bits per heavy atom. The van der Waals surface area contributed by atoms with E-state index in [1.807, 2.05) is 5.32 Å². The van der Waals surface area contributed by atoms with Crippen LogP contribution in [0, 0.1) is 5.92 Å². The summed E-state index contributed by atoms with van der Waals surface area (Å²) in [7, 11) is 2.56. The lowest BCUT2D eigenvalue weighted by atomic mass is 9.87. The Kier molecular flexibility index (Phi) is 6.27. The molecular formula is C12H19NO6. The van der Waals surface area contributed by atoms with Crippen LogP contribution in [-0.2, 0) is 23.8 Å². The van der Waals surface area contributed by atoms with Crippen LogP contribution in [0.25, 0.3) is 0 Å². The van der Waals surface area contributed by atoms with E-state index in [4.69, 9.17) is 4.74 Å². The fourth-order valence-corrected chi connectivity index (χ4v) is 2.03. The lowest BCUT2D eigenvalue weighted by molar-refractivity contribution is -0.148. The van der Waals surface area contributed by atoms with Crippen LogP contribution in [0.5, 0.6) is 0 Å². The fourth-order valence-electron chi connectivity index (χ4n) is 2.03. The number of imide groups is 1. The number of ether oxygens (including phenoxy) is 3. The highest BCUT2D eigenvalue weighted by Gasteiger charge is 2.27. The number of alkyl carbamates (subject to hydrolysis) is 1. The molecular weight excluding hydrogens is 254 g/mol. The van der Waals surface area contributed by atoms with Gasteiger partial charge in [-0.3, -0.25) is 14.9 Å². The van der Waals surface area contributed by atoms with Crippen molar-refractivity contribution >= 4 is 18.0 Å². The SMILES string of the molecule is COC(=O)NC(=O)COC1CCC(C(=O)OC)CC1. The zero-order valence-corrected chi connectivity index (χ0v) is 11.1. The summed E-state index contributed by atoms with van der Waals surface area (Å²) in [6.07, 6.45) is 1.91. The predicted octanol–water partition coefficient (Wildman–Crippen LogP) is 0.617. The number of methoxy groups -OCH3 is 2. The molecule has 1 N–H and O–H groups in total. The minimum Gasteiger partial charge on any atom is -0.469 e. The largest absolute Gasteiger partial charge is 0.469 e. The van der Waals surface area contributed by atoms with Crippen LogP contribution in [0.15, 0.2) is 0 Å². The molecule has 0 aromatic heterocycles. The number of carbonyl (C=O) groups is 3. The van der Waals surface area contributed by atoms with Crippen LogP contribution in [-0.4, -0.2) is 44.9 Å². The van der Waals surface area contributed by atoms with Crippen molar-refractivity contribution in [2.45, 2.75) is 31.8 Å². The average Bonchev–Trinajstić information content (AvgIpc) is 2.44. The summed E-state index contributed by atoms with van der Waals surface area (Å²) in [4.78, 5) is 33.3. The Hall–Kier alpha value is -1.63. The topological polar surface area (TPSA) is 90.9 Å². The first-order valence-corrected chi connectivity index (χ1v) is 6.14. The molecule has 0 aromatic rings. The van der Waals surface area contributed by atoms with E-state index in [1.165, 1.54) is 14.2 Å². The second-order valence-corrected chi connectivity index (χ2v) is 4.35. The summed E-state index contributed by atoms with van der Waals surface area (Å²) in [6.45, 7) is -0.192. The molecule has 0 heterocycles. The van der Waals surface area contributed by atoms with E-state index < -0.39 is 12.0 Å². The first kappa shape index (κ1) is 15.4. The number of hydrogen-bond donors (Lipinski definition) is 1. The molecule has 108 valence electrons. The minimum atomic E-state index is -0.803. The van der Waals surface area contributed by atoms with Crippen molar-refractivity contribution in [1.29, 1.82) is 0 Å². The lowest BCUT2D eigenvalue weighted by Gasteiger charge is -2.26. The molecule has 0 spiro atoms. The predicted molar refractivity (Wildman–Crippen MR) is 64.3 cm³/mol. The van der Waals surface area contributed by atoms with Crippen molar-refractivity contribution in [3.63, 3.8) is 0 Å². The maximum atomic E-state index is 11.3. The lowest BCUT2D eigenvalue weighted by Crippen LogP contribution is -2.35. The summed E-state index contributed by atoms with van der Waals surface area (Å²) < 4.78 is 14.4. The van der Waals surface area contributed by atoms with E-state index >= 15 is 0 Å². The van der Waals surface area contributed by atoms with Crippen molar-refractivity contribution in [2.75, 3.05) is 20.8 Å². The second-order valence-electron chi connectivity index (χ2n) is 4.35. The van der Waals surface area contributed by atoms with Crippen molar-refractivity contribution in [3.05, 3.63) is 0 Å². The molecule has 0 aliphatic heterocycles. The Balaban J connectivity index is 2.21. The van der Waals surface area contributed by atoms with E-state index in [-0.39, 0.29) is 24.6 Å². The van der Waals surface area contributed by atoms with E-state index in [2.05, 4.69) is 9.47 Å². The van der Waals surface area contributed by atoms with Gasteiger partial charge in [0.25, 0.3) is 5.91 Å². The fraction of sp³-hybridized carbons (Fsp3) is 0.750. The Morgan fingerprint density at radius 2 is 1.68 bits per heavy atom. The molecule has 2 amide bonds. The van der Waals surface area contributed by atoms with Crippen molar-refractivity contribution in [3.8, 4) is 0 Å². The third-order valence-corrected chi connectivity index (χ3v) is 3.09. The van der Waals surface area contributed by atoms with Crippen LogP contribution < -0.4 is 5.32 Å². The van der Waals surface area contributed by atoms with Gasteiger partial charge in [-0.25, -0.2) is 4.79 Å². The second kappa shape index (κ2) is 7.73. The monoisotopic (exact) mass is 273 g/mol. The standard InChI is InChI=1S/C12H19NO6/c1-17-11(15)8-3-5-9(6-4-8)19-7-10(14)13-12(16)18-2/h8-9H,3-7H2,1-2H3,(H,13,14,16). The van der Waals surface area contributed by atoms with E-state index in [1.54, 1.807) is 0 Å². The molecule has 0 saturated heterocycles. The Labute approximate surface area is 111 Å². The van der Waals surface area contributed by atoms with Crippen molar-refractivity contribution in [1.82, 2.24) is 5.32 Å². The van der Waals surface area contributed by atoms with Gasteiger partial charge >= 0.3 is 12.1 Å². The summed E-state index contributed by atoms with van der Waals surface area (Å²) in [5, 5.41) is 2.01. The summed E-state index contributed by atoms with van der Waals surface area (Å²) in [6, 6.07) is 0. The number of esters is 1.